The third kappa shape index (κ3) is 6.48. The molecule has 0 spiro atoms. The van der Waals surface area contributed by atoms with Crippen LogP contribution >= 0.6 is 35.7 Å². The summed E-state index contributed by atoms with van der Waals surface area (Å²) in [5.41, 5.74) is 0.858. The van der Waals surface area contributed by atoms with Crippen LogP contribution in [0, 0.1) is 0 Å². The predicted octanol–water partition coefficient (Wildman–Crippen LogP) is 2.10. The lowest BCUT2D eigenvalue weighted by Crippen LogP contribution is -2.43. The number of aliphatic imine (C=N–C) groups is 1. The molecule has 1 heterocycles. The molecule has 1 aromatic rings. The molecule has 7 heteroatoms. The third-order valence-corrected chi connectivity index (χ3v) is 3.64. The Balaban J connectivity index is 0.00000289. The Kier molecular flexibility index (Phi) is 8.41. The first kappa shape index (κ1) is 17.6. The van der Waals surface area contributed by atoms with E-state index in [4.69, 9.17) is 4.52 Å². The van der Waals surface area contributed by atoms with Gasteiger partial charge in [0.05, 0.1) is 6.54 Å². The molecule has 0 amide bonds. The molecule has 0 bridgehead atoms. The summed E-state index contributed by atoms with van der Waals surface area (Å²) >= 11 is 1.82. The van der Waals surface area contributed by atoms with Gasteiger partial charge in [-0.25, -0.2) is 0 Å². The van der Waals surface area contributed by atoms with Crippen LogP contribution in [0.1, 0.15) is 19.5 Å². The maximum absolute atomic E-state index is 4.76. The Hall–Kier alpha value is -0.440. The van der Waals surface area contributed by atoms with Crippen molar-refractivity contribution in [1.82, 2.24) is 15.8 Å². The summed E-state index contributed by atoms with van der Waals surface area (Å²) in [6, 6.07) is 1.83. The van der Waals surface area contributed by atoms with E-state index in [1.54, 1.807) is 13.3 Å². The minimum Gasteiger partial charge on any atom is -0.364 e. The molecule has 0 fully saturated rings. The van der Waals surface area contributed by atoms with Crippen LogP contribution in [0.15, 0.2) is 21.8 Å². The highest BCUT2D eigenvalue weighted by molar-refractivity contribution is 14.0. The number of hydrogen-bond donors (Lipinski definition) is 2. The largest absolute Gasteiger partial charge is 0.364 e. The van der Waals surface area contributed by atoms with Gasteiger partial charge in [-0.3, -0.25) is 4.99 Å². The molecular formula is C11H21IN4OS. The summed E-state index contributed by atoms with van der Waals surface area (Å²) in [6.07, 6.45) is 3.66. The van der Waals surface area contributed by atoms with Crippen molar-refractivity contribution in [2.45, 2.75) is 25.1 Å². The molecule has 2 N–H and O–H groups in total. The molecule has 1 aromatic heterocycles. The SMILES string of the molecule is CN=C(NCc1ccon1)NCC(C)(C)SC.I. The lowest BCUT2D eigenvalue weighted by Gasteiger charge is -2.23. The van der Waals surface area contributed by atoms with Gasteiger partial charge in [0, 0.05) is 24.4 Å². The van der Waals surface area contributed by atoms with Gasteiger partial charge in [-0.2, -0.15) is 11.8 Å². The van der Waals surface area contributed by atoms with Gasteiger partial charge in [-0.1, -0.05) is 5.16 Å². The Bertz CT molecular complexity index is 354. The van der Waals surface area contributed by atoms with Gasteiger partial charge in [-0.15, -0.1) is 24.0 Å². The summed E-state index contributed by atoms with van der Waals surface area (Å²) in [6.45, 7) is 5.84. The fourth-order valence-electron chi connectivity index (χ4n) is 1.09. The summed E-state index contributed by atoms with van der Waals surface area (Å²) in [5, 5.41) is 10.3. The quantitative estimate of drug-likeness (QED) is 0.463. The van der Waals surface area contributed by atoms with Crippen molar-refractivity contribution in [2.24, 2.45) is 4.99 Å². The molecule has 0 radical (unpaired) electrons. The van der Waals surface area contributed by atoms with Crippen molar-refractivity contribution in [3.05, 3.63) is 18.0 Å². The minimum atomic E-state index is 0. The second kappa shape index (κ2) is 8.63. The Morgan fingerprint density at radius 3 is 2.72 bits per heavy atom. The first-order valence-electron chi connectivity index (χ1n) is 5.46. The highest BCUT2D eigenvalue weighted by Crippen LogP contribution is 2.19. The summed E-state index contributed by atoms with van der Waals surface area (Å²) in [4.78, 5) is 4.15. The molecule has 1 rings (SSSR count). The van der Waals surface area contributed by atoms with E-state index in [9.17, 15) is 0 Å². The van der Waals surface area contributed by atoms with E-state index in [1.165, 1.54) is 0 Å². The number of guanidine groups is 1. The van der Waals surface area contributed by atoms with Crippen molar-refractivity contribution in [2.75, 3.05) is 19.8 Å². The van der Waals surface area contributed by atoms with Crippen LogP contribution in [-0.2, 0) is 6.54 Å². The fraction of sp³-hybridized carbons (Fsp3) is 0.636. The minimum absolute atomic E-state index is 0. The maximum atomic E-state index is 4.76. The molecule has 0 atom stereocenters. The van der Waals surface area contributed by atoms with Crippen molar-refractivity contribution in [3.8, 4) is 0 Å². The van der Waals surface area contributed by atoms with Crippen molar-refractivity contribution < 1.29 is 4.52 Å². The van der Waals surface area contributed by atoms with Crippen LogP contribution in [0.3, 0.4) is 0 Å². The van der Waals surface area contributed by atoms with Crippen LogP contribution in [0.4, 0.5) is 0 Å². The second-order valence-corrected chi connectivity index (χ2v) is 5.75. The van der Waals surface area contributed by atoms with Gasteiger partial charge in [-0.05, 0) is 20.1 Å². The van der Waals surface area contributed by atoms with Crippen molar-refractivity contribution in [1.29, 1.82) is 0 Å². The van der Waals surface area contributed by atoms with Gasteiger partial charge in [0.25, 0.3) is 0 Å². The zero-order valence-corrected chi connectivity index (χ0v) is 14.3. The third-order valence-electron chi connectivity index (χ3n) is 2.39. The molecule has 104 valence electrons. The highest BCUT2D eigenvalue weighted by Gasteiger charge is 2.16. The normalized spacial score (nSPS) is 11.9. The van der Waals surface area contributed by atoms with Crippen LogP contribution in [0.5, 0.6) is 0 Å². The number of rotatable bonds is 5. The molecule has 0 saturated carbocycles. The van der Waals surface area contributed by atoms with Crippen LogP contribution in [-0.4, -0.2) is 35.7 Å². The highest BCUT2D eigenvalue weighted by atomic mass is 127. The van der Waals surface area contributed by atoms with E-state index in [2.05, 4.69) is 40.9 Å². The van der Waals surface area contributed by atoms with Gasteiger partial charge in [0.1, 0.15) is 12.0 Å². The van der Waals surface area contributed by atoms with Crippen molar-refractivity contribution >= 4 is 41.7 Å². The molecule has 0 aliphatic carbocycles. The van der Waals surface area contributed by atoms with Gasteiger partial charge in [0.15, 0.2) is 5.96 Å². The van der Waals surface area contributed by atoms with E-state index in [1.807, 2.05) is 17.8 Å². The molecule has 0 aliphatic heterocycles. The average Bonchev–Trinajstić information content (AvgIpc) is 2.82. The molecule has 0 aliphatic rings. The average molecular weight is 384 g/mol. The molecule has 0 aromatic carbocycles. The van der Waals surface area contributed by atoms with Gasteiger partial charge >= 0.3 is 0 Å². The van der Waals surface area contributed by atoms with Crippen LogP contribution < -0.4 is 10.6 Å². The summed E-state index contributed by atoms with van der Waals surface area (Å²) < 4.78 is 4.94. The number of nitrogens with zero attached hydrogens (tertiary/aromatic N) is 2. The maximum Gasteiger partial charge on any atom is 0.191 e. The van der Waals surface area contributed by atoms with Crippen molar-refractivity contribution in [3.63, 3.8) is 0 Å². The zero-order chi connectivity index (χ0) is 12.7. The molecule has 18 heavy (non-hydrogen) atoms. The number of nitrogens with one attached hydrogen (secondary N) is 2. The number of hydrogen-bond acceptors (Lipinski definition) is 4. The van der Waals surface area contributed by atoms with E-state index in [0.717, 1.165) is 18.2 Å². The smallest absolute Gasteiger partial charge is 0.191 e. The number of thioether (sulfide) groups is 1. The van der Waals surface area contributed by atoms with Crippen LogP contribution in [0.25, 0.3) is 0 Å². The second-order valence-electron chi connectivity index (χ2n) is 4.23. The monoisotopic (exact) mass is 384 g/mol. The van der Waals surface area contributed by atoms with E-state index >= 15 is 0 Å². The Morgan fingerprint density at radius 2 is 2.22 bits per heavy atom. The lowest BCUT2D eigenvalue weighted by molar-refractivity contribution is 0.410. The van der Waals surface area contributed by atoms with Gasteiger partial charge < -0.3 is 15.2 Å². The lowest BCUT2D eigenvalue weighted by atomic mass is 10.2. The number of halogens is 1. The fourth-order valence-corrected chi connectivity index (χ4v) is 1.31. The molecule has 0 saturated heterocycles. The Morgan fingerprint density at radius 1 is 1.50 bits per heavy atom. The topological polar surface area (TPSA) is 62.5 Å². The first-order valence-corrected chi connectivity index (χ1v) is 6.69. The Labute approximate surface area is 130 Å². The number of aromatic nitrogens is 1. The standard InChI is InChI=1S/C11H20N4OS.HI/c1-11(2,17-4)8-14-10(12-3)13-7-9-5-6-16-15-9;/h5-6H,7-8H2,1-4H3,(H2,12,13,14);1H. The first-order chi connectivity index (χ1) is 8.07. The molecule has 5 nitrogen and oxygen atoms in total. The predicted molar refractivity (Wildman–Crippen MR) is 87.7 cm³/mol. The summed E-state index contributed by atoms with van der Waals surface area (Å²) in [7, 11) is 1.75. The van der Waals surface area contributed by atoms with E-state index < -0.39 is 0 Å². The van der Waals surface area contributed by atoms with Crippen LogP contribution in [0.2, 0.25) is 0 Å². The molecule has 0 unspecified atom stereocenters. The van der Waals surface area contributed by atoms with E-state index in [0.29, 0.717) is 6.54 Å². The molecular weight excluding hydrogens is 363 g/mol. The summed E-state index contributed by atoms with van der Waals surface area (Å²) in [5.74, 6) is 0.773. The van der Waals surface area contributed by atoms with E-state index in [-0.39, 0.29) is 28.7 Å². The zero-order valence-electron chi connectivity index (χ0n) is 11.2. The van der Waals surface area contributed by atoms with Gasteiger partial charge in [0.2, 0.25) is 0 Å².